The van der Waals surface area contributed by atoms with E-state index in [2.05, 4.69) is 6.92 Å². The Hall–Kier alpha value is -1.26. The van der Waals surface area contributed by atoms with Crippen LogP contribution in [0.3, 0.4) is 0 Å². The number of nitrogens with two attached hydrogens (primary N) is 1. The van der Waals surface area contributed by atoms with E-state index in [4.69, 9.17) is 19.9 Å². The fourth-order valence-electron chi connectivity index (χ4n) is 1.42. The molecule has 1 aromatic carbocycles. The molecule has 0 aliphatic heterocycles. The maximum atomic E-state index is 5.64. The first-order chi connectivity index (χ1) is 8.31. The average molecular weight is 239 g/mol. The van der Waals surface area contributed by atoms with E-state index >= 15 is 0 Å². The Morgan fingerprint density at radius 1 is 1.18 bits per heavy atom. The first kappa shape index (κ1) is 13.8. The lowest BCUT2D eigenvalue weighted by molar-refractivity contribution is 0.100. The molecule has 96 valence electrons. The van der Waals surface area contributed by atoms with Gasteiger partial charge in [0.25, 0.3) is 0 Å². The molecule has 0 radical (unpaired) electrons. The van der Waals surface area contributed by atoms with Gasteiger partial charge in [-0.1, -0.05) is 13.0 Å². The molecular weight excluding hydrogens is 218 g/mol. The molecule has 0 aliphatic rings. The van der Waals surface area contributed by atoms with Crippen molar-refractivity contribution in [2.24, 2.45) is 5.73 Å². The van der Waals surface area contributed by atoms with Gasteiger partial charge in [0.15, 0.2) is 0 Å². The van der Waals surface area contributed by atoms with Crippen LogP contribution in [-0.2, 0) is 11.3 Å². The standard InChI is InChI=1S/C13H21NO3/c1-3-6-16-7-8-17-13-9-12(15-2)5-4-11(13)10-14/h4-5,9H,3,6-8,10,14H2,1-2H3. The predicted molar refractivity (Wildman–Crippen MR) is 67.5 cm³/mol. The lowest BCUT2D eigenvalue weighted by atomic mass is 10.2. The number of rotatable bonds is 8. The second kappa shape index (κ2) is 7.92. The minimum atomic E-state index is 0.454. The van der Waals surface area contributed by atoms with E-state index in [1.165, 1.54) is 0 Å². The van der Waals surface area contributed by atoms with Gasteiger partial charge in [0.2, 0.25) is 0 Å². The highest BCUT2D eigenvalue weighted by molar-refractivity contribution is 5.40. The minimum Gasteiger partial charge on any atom is -0.497 e. The van der Waals surface area contributed by atoms with Crippen LogP contribution in [0.15, 0.2) is 18.2 Å². The van der Waals surface area contributed by atoms with Crippen molar-refractivity contribution in [3.63, 3.8) is 0 Å². The summed E-state index contributed by atoms with van der Waals surface area (Å²) in [5.74, 6) is 1.54. The van der Waals surface area contributed by atoms with E-state index in [0.717, 1.165) is 30.1 Å². The second-order valence-corrected chi connectivity index (χ2v) is 3.64. The number of hydrogen-bond acceptors (Lipinski definition) is 4. The zero-order valence-electron chi connectivity index (χ0n) is 10.6. The Balaban J connectivity index is 2.49. The van der Waals surface area contributed by atoms with Crippen molar-refractivity contribution in [1.29, 1.82) is 0 Å². The monoisotopic (exact) mass is 239 g/mol. The molecule has 0 atom stereocenters. The van der Waals surface area contributed by atoms with Gasteiger partial charge in [0, 0.05) is 24.8 Å². The van der Waals surface area contributed by atoms with Crippen molar-refractivity contribution in [2.45, 2.75) is 19.9 Å². The van der Waals surface area contributed by atoms with Crippen molar-refractivity contribution in [2.75, 3.05) is 26.9 Å². The van der Waals surface area contributed by atoms with Crippen LogP contribution in [0.25, 0.3) is 0 Å². The van der Waals surface area contributed by atoms with Crippen molar-refractivity contribution < 1.29 is 14.2 Å². The van der Waals surface area contributed by atoms with Crippen LogP contribution in [0.4, 0.5) is 0 Å². The molecule has 4 nitrogen and oxygen atoms in total. The molecule has 0 bridgehead atoms. The van der Waals surface area contributed by atoms with E-state index in [9.17, 15) is 0 Å². The average Bonchev–Trinajstić information content (AvgIpc) is 2.38. The topological polar surface area (TPSA) is 53.7 Å². The van der Waals surface area contributed by atoms with Gasteiger partial charge in [-0.2, -0.15) is 0 Å². The van der Waals surface area contributed by atoms with Crippen molar-refractivity contribution in [1.82, 2.24) is 0 Å². The summed E-state index contributed by atoms with van der Waals surface area (Å²) in [6.45, 7) is 4.42. The summed E-state index contributed by atoms with van der Waals surface area (Å²) in [6, 6.07) is 5.64. The molecule has 0 amide bonds. The highest BCUT2D eigenvalue weighted by atomic mass is 16.5. The van der Waals surface area contributed by atoms with Crippen LogP contribution in [0.2, 0.25) is 0 Å². The molecule has 0 unspecified atom stereocenters. The van der Waals surface area contributed by atoms with Gasteiger partial charge >= 0.3 is 0 Å². The van der Waals surface area contributed by atoms with E-state index < -0.39 is 0 Å². The fraction of sp³-hybridized carbons (Fsp3) is 0.538. The van der Waals surface area contributed by atoms with Crippen molar-refractivity contribution in [3.8, 4) is 11.5 Å². The molecule has 1 rings (SSSR count). The third kappa shape index (κ3) is 4.63. The zero-order chi connectivity index (χ0) is 12.5. The Bertz CT molecular complexity index is 328. The quantitative estimate of drug-likeness (QED) is 0.705. The maximum absolute atomic E-state index is 5.64. The summed E-state index contributed by atoms with van der Waals surface area (Å²) in [6.07, 6.45) is 1.02. The Kier molecular flexibility index (Phi) is 6.43. The minimum absolute atomic E-state index is 0.454. The molecule has 4 heteroatoms. The highest BCUT2D eigenvalue weighted by Gasteiger charge is 2.04. The van der Waals surface area contributed by atoms with Crippen molar-refractivity contribution in [3.05, 3.63) is 23.8 Å². The van der Waals surface area contributed by atoms with Gasteiger partial charge in [-0.3, -0.25) is 0 Å². The van der Waals surface area contributed by atoms with E-state index in [1.54, 1.807) is 7.11 Å². The first-order valence-corrected chi connectivity index (χ1v) is 5.89. The maximum Gasteiger partial charge on any atom is 0.127 e. The Morgan fingerprint density at radius 3 is 2.65 bits per heavy atom. The van der Waals surface area contributed by atoms with Crippen LogP contribution in [0, 0.1) is 0 Å². The third-order valence-corrected chi connectivity index (χ3v) is 2.33. The van der Waals surface area contributed by atoms with Crippen LogP contribution < -0.4 is 15.2 Å². The molecule has 1 aromatic rings. The summed E-state index contributed by atoms with van der Waals surface area (Å²) in [5.41, 5.74) is 6.62. The Morgan fingerprint density at radius 2 is 2.00 bits per heavy atom. The van der Waals surface area contributed by atoms with Gasteiger partial charge in [-0.15, -0.1) is 0 Å². The van der Waals surface area contributed by atoms with Gasteiger partial charge < -0.3 is 19.9 Å². The summed E-state index contributed by atoms with van der Waals surface area (Å²) < 4.78 is 16.1. The molecule has 0 fully saturated rings. The van der Waals surface area contributed by atoms with E-state index in [1.807, 2.05) is 18.2 Å². The molecule has 0 spiro atoms. The SMILES string of the molecule is CCCOCCOc1cc(OC)ccc1CN. The normalized spacial score (nSPS) is 10.3. The molecule has 0 aromatic heterocycles. The molecule has 17 heavy (non-hydrogen) atoms. The summed E-state index contributed by atoms with van der Waals surface area (Å²) in [7, 11) is 1.63. The molecule has 2 N–H and O–H groups in total. The van der Waals surface area contributed by atoms with Gasteiger partial charge in [-0.25, -0.2) is 0 Å². The molecule has 0 saturated heterocycles. The van der Waals surface area contributed by atoms with Crippen LogP contribution >= 0.6 is 0 Å². The summed E-state index contributed by atoms with van der Waals surface area (Å²) in [4.78, 5) is 0. The van der Waals surface area contributed by atoms with Crippen molar-refractivity contribution >= 4 is 0 Å². The Labute approximate surface area is 103 Å². The lowest BCUT2D eigenvalue weighted by Gasteiger charge is -2.12. The predicted octanol–water partition coefficient (Wildman–Crippen LogP) is 1.96. The molecule has 0 saturated carbocycles. The lowest BCUT2D eigenvalue weighted by Crippen LogP contribution is -2.09. The molecule has 0 aliphatic carbocycles. The third-order valence-electron chi connectivity index (χ3n) is 2.33. The summed E-state index contributed by atoms with van der Waals surface area (Å²) in [5, 5.41) is 0. The highest BCUT2D eigenvalue weighted by Crippen LogP contribution is 2.24. The zero-order valence-corrected chi connectivity index (χ0v) is 10.6. The molecular formula is C13H21NO3. The van der Waals surface area contributed by atoms with Crippen LogP contribution in [0.1, 0.15) is 18.9 Å². The summed E-state index contributed by atoms with van der Waals surface area (Å²) >= 11 is 0. The van der Waals surface area contributed by atoms with Crippen LogP contribution in [-0.4, -0.2) is 26.9 Å². The van der Waals surface area contributed by atoms with E-state index in [-0.39, 0.29) is 0 Å². The number of ether oxygens (including phenoxy) is 3. The van der Waals surface area contributed by atoms with Gasteiger partial charge in [0.1, 0.15) is 18.1 Å². The van der Waals surface area contributed by atoms with E-state index in [0.29, 0.717) is 19.8 Å². The second-order valence-electron chi connectivity index (χ2n) is 3.64. The number of benzene rings is 1. The fourth-order valence-corrected chi connectivity index (χ4v) is 1.42. The largest absolute Gasteiger partial charge is 0.497 e. The van der Waals surface area contributed by atoms with Crippen LogP contribution in [0.5, 0.6) is 11.5 Å². The van der Waals surface area contributed by atoms with Gasteiger partial charge in [0.05, 0.1) is 13.7 Å². The first-order valence-electron chi connectivity index (χ1n) is 5.89. The molecule has 0 heterocycles. The smallest absolute Gasteiger partial charge is 0.127 e. The number of methoxy groups -OCH3 is 1. The van der Waals surface area contributed by atoms with Gasteiger partial charge in [-0.05, 0) is 12.5 Å². The number of hydrogen-bond donors (Lipinski definition) is 1.